The normalized spacial score (nSPS) is 14.3. The van der Waals surface area contributed by atoms with Crippen molar-refractivity contribution in [1.29, 1.82) is 0 Å². The molecule has 2 heterocycles. The van der Waals surface area contributed by atoms with Gasteiger partial charge < -0.3 is 10.7 Å². The van der Waals surface area contributed by atoms with Gasteiger partial charge in [-0.3, -0.25) is 4.79 Å². The van der Waals surface area contributed by atoms with Crippen LogP contribution in [0.4, 0.5) is 5.69 Å². The van der Waals surface area contributed by atoms with Crippen LogP contribution in [0.2, 0.25) is 0 Å². The average molecular weight is 364 g/mol. The zero-order valence-corrected chi connectivity index (χ0v) is 15.3. The number of nitrogens with zero attached hydrogens (tertiary/aromatic N) is 3. The molecule has 0 saturated heterocycles. The van der Waals surface area contributed by atoms with Crippen LogP contribution in [0.5, 0.6) is 0 Å². The predicted molar refractivity (Wildman–Crippen MR) is 106 cm³/mol. The first-order valence-electron chi connectivity index (χ1n) is 8.59. The van der Waals surface area contributed by atoms with E-state index in [4.69, 9.17) is 5.84 Å². The number of amides is 1. The molecule has 3 aromatic rings. The Morgan fingerprint density at radius 1 is 1.15 bits per heavy atom. The molecular weight excluding hydrogens is 344 g/mol. The van der Waals surface area contributed by atoms with Crippen LogP contribution in [0.15, 0.2) is 66.0 Å². The molecule has 1 atom stereocenters. The number of aromatic nitrogens is 2. The maximum absolute atomic E-state index is 12.9. The molecule has 4 rings (SSSR count). The lowest BCUT2D eigenvalue weighted by Crippen LogP contribution is -2.35. The Morgan fingerprint density at radius 2 is 1.88 bits per heavy atom. The van der Waals surface area contributed by atoms with Crippen molar-refractivity contribution in [1.82, 2.24) is 9.66 Å². The van der Waals surface area contributed by atoms with E-state index in [1.54, 1.807) is 6.20 Å². The number of rotatable bonds is 4. The summed E-state index contributed by atoms with van der Waals surface area (Å²) in [7, 11) is 0. The molecule has 1 aromatic heterocycles. The number of carbonyl (C=O) groups is 1. The molecule has 0 bridgehead atoms. The number of hydrogen-bond donors (Lipinski definition) is 1. The molecule has 1 aliphatic heterocycles. The van der Waals surface area contributed by atoms with Gasteiger partial charge in [0.15, 0.2) is 5.16 Å². The Labute approximate surface area is 156 Å². The molecule has 2 aromatic carbocycles. The number of fused-ring (bicyclic) bond motifs is 1. The summed E-state index contributed by atoms with van der Waals surface area (Å²) in [5, 5.41) is 0.367. The van der Waals surface area contributed by atoms with Crippen LogP contribution in [0.1, 0.15) is 12.5 Å². The number of thioether (sulfide) groups is 1. The molecule has 0 aliphatic carbocycles. The van der Waals surface area contributed by atoms with E-state index >= 15 is 0 Å². The van der Waals surface area contributed by atoms with Gasteiger partial charge in [-0.1, -0.05) is 60.3 Å². The van der Waals surface area contributed by atoms with Gasteiger partial charge in [-0.15, -0.1) is 0 Å². The van der Waals surface area contributed by atoms with Crippen molar-refractivity contribution in [2.75, 3.05) is 17.3 Å². The molecule has 1 amide bonds. The van der Waals surface area contributed by atoms with Gasteiger partial charge in [0.25, 0.3) is 0 Å². The number of nitrogens with two attached hydrogens (primary N) is 1. The molecule has 5 nitrogen and oxygen atoms in total. The molecule has 6 heteroatoms. The first kappa shape index (κ1) is 16.7. The lowest BCUT2D eigenvalue weighted by Gasteiger charge is -2.21. The van der Waals surface area contributed by atoms with E-state index in [0.717, 1.165) is 29.9 Å². The molecular formula is C20H20N4OS. The zero-order valence-electron chi connectivity index (χ0n) is 14.5. The molecule has 26 heavy (non-hydrogen) atoms. The van der Waals surface area contributed by atoms with Crippen LogP contribution >= 0.6 is 11.8 Å². The third kappa shape index (κ3) is 3.08. The van der Waals surface area contributed by atoms with E-state index in [2.05, 4.69) is 11.1 Å². The van der Waals surface area contributed by atoms with Crippen LogP contribution in [0.25, 0.3) is 11.3 Å². The second kappa shape index (κ2) is 6.88. The first-order valence-corrected chi connectivity index (χ1v) is 9.47. The Hall–Kier alpha value is -2.73. The monoisotopic (exact) mass is 364 g/mol. The summed E-state index contributed by atoms with van der Waals surface area (Å²) in [4.78, 5) is 19.4. The predicted octanol–water partition coefficient (Wildman–Crippen LogP) is 3.33. The number of hydrogen-bond acceptors (Lipinski definition) is 4. The number of imidazole rings is 1. The largest absolute Gasteiger partial charge is 0.337 e. The Bertz CT molecular complexity index is 938. The van der Waals surface area contributed by atoms with E-state index in [1.807, 2.05) is 60.4 Å². The van der Waals surface area contributed by atoms with Crippen molar-refractivity contribution in [2.45, 2.75) is 23.8 Å². The van der Waals surface area contributed by atoms with E-state index < -0.39 is 0 Å². The molecule has 0 saturated carbocycles. The van der Waals surface area contributed by atoms with E-state index in [1.165, 1.54) is 22.0 Å². The van der Waals surface area contributed by atoms with Gasteiger partial charge in [0, 0.05) is 17.8 Å². The zero-order chi connectivity index (χ0) is 18.1. The van der Waals surface area contributed by atoms with Gasteiger partial charge in [-0.05, 0) is 25.0 Å². The third-order valence-corrected chi connectivity index (χ3v) is 5.62. The van der Waals surface area contributed by atoms with Gasteiger partial charge in [0.2, 0.25) is 5.91 Å². The topological polar surface area (TPSA) is 64.2 Å². The Morgan fingerprint density at radius 3 is 2.69 bits per heavy atom. The fourth-order valence-electron chi connectivity index (χ4n) is 3.21. The van der Waals surface area contributed by atoms with Crippen LogP contribution in [0.3, 0.4) is 0 Å². The lowest BCUT2D eigenvalue weighted by atomic mass is 10.2. The number of para-hydroxylation sites is 1. The summed E-state index contributed by atoms with van der Waals surface area (Å²) >= 11 is 1.39. The minimum Gasteiger partial charge on any atom is -0.337 e. The molecule has 1 aliphatic rings. The molecule has 132 valence electrons. The van der Waals surface area contributed by atoms with Crippen molar-refractivity contribution in [3.8, 4) is 11.3 Å². The highest BCUT2D eigenvalue weighted by atomic mass is 32.2. The van der Waals surface area contributed by atoms with Gasteiger partial charge in [0.05, 0.1) is 17.1 Å². The summed E-state index contributed by atoms with van der Waals surface area (Å²) in [6.45, 7) is 2.64. The summed E-state index contributed by atoms with van der Waals surface area (Å²) in [5.74, 6) is 6.15. The second-order valence-electron chi connectivity index (χ2n) is 6.31. The fourth-order valence-corrected chi connectivity index (χ4v) is 4.08. The van der Waals surface area contributed by atoms with Crippen molar-refractivity contribution < 1.29 is 4.79 Å². The van der Waals surface area contributed by atoms with E-state index in [-0.39, 0.29) is 11.2 Å². The summed E-state index contributed by atoms with van der Waals surface area (Å²) < 4.78 is 1.49. The van der Waals surface area contributed by atoms with Crippen molar-refractivity contribution in [2.24, 2.45) is 0 Å². The quantitative estimate of drug-likeness (QED) is 0.570. The summed E-state index contributed by atoms with van der Waals surface area (Å²) in [5.41, 5.74) is 4.06. The molecule has 0 radical (unpaired) electrons. The van der Waals surface area contributed by atoms with Gasteiger partial charge >= 0.3 is 0 Å². The minimum atomic E-state index is -0.269. The number of carbonyl (C=O) groups excluding carboxylic acids is 1. The maximum atomic E-state index is 12.9. The molecule has 0 spiro atoms. The van der Waals surface area contributed by atoms with Gasteiger partial charge in [-0.25, -0.2) is 9.66 Å². The number of benzene rings is 2. The van der Waals surface area contributed by atoms with Gasteiger partial charge in [0.1, 0.15) is 0 Å². The molecule has 2 N–H and O–H groups in total. The average Bonchev–Trinajstić information content (AvgIpc) is 3.26. The fraction of sp³-hybridized carbons (Fsp3) is 0.200. The van der Waals surface area contributed by atoms with Crippen LogP contribution < -0.4 is 10.7 Å². The molecule has 0 fully saturated rings. The number of anilines is 1. The highest BCUT2D eigenvalue weighted by Gasteiger charge is 2.29. The Kier molecular flexibility index (Phi) is 4.42. The van der Waals surface area contributed by atoms with Crippen LogP contribution in [0, 0.1) is 0 Å². The smallest absolute Gasteiger partial charge is 0.240 e. The van der Waals surface area contributed by atoms with Crippen LogP contribution in [-0.2, 0) is 11.2 Å². The highest BCUT2D eigenvalue weighted by Crippen LogP contribution is 2.31. The van der Waals surface area contributed by atoms with Crippen LogP contribution in [-0.4, -0.2) is 27.4 Å². The van der Waals surface area contributed by atoms with Crippen molar-refractivity contribution in [3.63, 3.8) is 0 Å². The second-order valence-corrected chi connectivity index (χ2v) is 7.62. The SMILES string of the molecule is C[C@@H](Sc1nc(-c2ccccc2)cn1N)C(=O)N1CCc2ccccc21. The summed E-state index contributed by atoms with van der Waals surface area (Å²) in [6.07, 6.45) is 2.70. The lowest BCUT2D eigenvalue weighted by molar-refractivity contribution is -0.117. The highest BCUT2D eigenvalue weighted by molar-refractivity contribution is 8.00. The number of nitrogen functional groups attached to an aromatic ring is 1. The standard InChI is InChI=1S/C20H20N4OS/c1-14(19(25)23-12-11-16-9-5-6-10-18(16)23)26-20-22-17(13-24(20)21)15-7-3-2-4-8-15/h2-10,13-14H,11-12,21H2,1H3/t14-/m1/s1. The summed E-state index contributed by atoms with van der Waals surface area (Å²) in [6, 6.07) is 18.0. The van der Waals surface area contributed by atoms with Gasteiger partial charge in [-0.2, -0.15) is 0 Å². The third-order valence-electron chi connectivity index (χ3n) is 4.55. The van der Waals surface area contributed by atoms with Crippen molar-refractivity contribution in [3.05, 3.63) is 66.4 Å². The molecule has 0 unspecified atom stereocenters. The Balaban J connectivity index is 1.51. The maximum Gasteiger partial charge on any atom is 0.240 e. The van der Waals surface area contributed by atoms with E-state index in [9.17, 15) is 4.79 Å². The van der Waals surface area contributed by atoms with Crippen molar-refractivity contribution >= 4 is 23.4 Å². The minimum absolute atomic E-state index is 0.0872. The van der Waals surface area contributed by atoms with E-state index in [0.29, 0.717) is 5.16 Å². The first-order chi connectivity index (χ1) is 12.6.